The minimum absolute atomic E-state index is 0.0597. The van der Waals surface area contributed by atoms with Gasteiger partial charge in [-0.3, -0.25) is 4.39 Å². The lowest BCUT2D eigenvalue weighted by molar-refractivity contribution is -0.0365. The summed E-state index contributed by atoms with van der Waals surface area (Å²) in [4.78, 5) is 0. The van der Waals surface area contributed by atoms with Crippen molar-refractivity contribution in [3.8, 4) is 0 Å². The first-order chi connectivity index (χ1) is 16.7. The summed E-state index contributed by atoms with van der Waals surface area (Å²) in [6.45, 7) is 13.5. The van der Waals surface area contributed by atoms with Crippen LogP contribution in [0.5, 0.6) is 0 Å². The van der Waals surface area contributed by atoms with Gasteiger partial charge < -0.3 is 14.9 Å². The Bertz CT molecular complexity index is 767. The van der Waals surface area contributed by atoms with Crippen LogP contribution in [-0.4, -0.2) is 41.3 Å². The molecule has 0 aromatic carbocycles. The maximum Gasteiger partial charge on any atom is 0.0900 e. The third-order valence-corrected chi connectivity index (χ3v) is 9.96. The Kier molecular flexibility index (Phi) is 10.2. The molecule has 3 nitrogen and oxygen atoms in total. The summed E-state index contributed by atoms with van der Waals surface area (Å²) in [5, 5.41) is 20.9. The molecule has 200 valence electrons. The van der Waals surface area contributed by atoms with Crippen LogP contribution in [-0.2, 0) is 4.74 Å². The first-order valence-electron chi connectivity index (χ1n) is 14.3. The average molecular weight is 491 g/mol. The molecule has 0 bridgehead atoms. The van der Waals surface area contributed by atoms with E-state index in [4.69, 9.17) is 4.74 Å². The number of alkyl halides is 1. The molecular weight excluding hydrogens is 439 g/mol. The average Bonchev–Trinajstić information content (AvgIpc) is 3.20. The number of aliphatic hydroxyl groups excluding tert-OH is 1. The normalized spacial score (nSPS) is 35.0. The van der Waals surface area contributed by atoms with Crippen molar-refractivity contribution in [3.63, 3.8) is 0 Å². The third kappa shape index (κ3) is 6.67. The molecule has 0 spiro atoms. The Morgan fingerprint density at radius 1 is 1.26 bits per heavy atom. The Balaban J connectivity index is 1.63. The first kappa shape index (κ1) is 28.6. The summed E-state index contributed by atoms with van der Waals surface area (Å²) in [5.74, 6) is 1.20. The predicted octanol–water partition coefficient (Wildman–Crippen LogP) is 7.48. The van der Waals surface area contributed by atoms with Gasteiger partial charge in [-0.2, -0.15) is 0 Å². The molecule has 35 heavy (non-hydrogen) atoms. The summed E-state index contributed by atoms with van der Waals surface area (Å²) in [6, 6.07) is 0. The van der Waals surface area contributed by atoms with Crippen LogP contribution in [0.15, 0.2) is 35.5 Å². The summed E-state index contributed by atoms with van der Waals surface area (Å²) >= 11 is 0. The van der Waals surface area contributed by atoms with Gasteiger partial charge in [-0.15, -0.1) is 0 Å². The lowest BCUT2D eigenvalue weighted by Crippen LogP contribution is -2.39. The van der Waals surface area contributed by atoms with E-state index in [0.717, 1.165) is 49.9 Å². The molecule has 2 N–H and O–H groups in total. The van der Waals surface area contributed by atoms with Crippen LogP contribution in [0.25, 0.3) is 0 Å². The molecule has 0 aromatic rings. The van der Waals surface area contributed by atoms with Crippen LogP contribution in [0, 0.1) is 23.2 Å². The van der Waals surface area contributed by atoms with Crippen LogP contribution in [0.1, 0.15) is 105 Å². The molecular formula is C31H51FO3. The second kappa shape index (κ2) is 12.5. The van der Waals surface area contributed by atoms with Crippen molar-refractivity contribution in [2.75, 3.05) is 13.3 Å². The smallest absolute Gasteiger partial charge is 0.0900 e. The minimum atomic E-state index is -0.541. The molecule has 0 aromatic heterocycles. The number of allylic oxidation sites excluding steroid dienone is 4. The number of hydrogen-bond donors (Lipinski definition) is 2. The molecule has 0 heterocycles. The molecule has 3 aliphatic rings. The van der Waals surface area contributed by atoms with E-state index in [1.807, 2.05) is 0 Å². The summed E-state index contributed by atoms with van der Waals surface area (Å²) < 4.78 is 19.3. The van der Waals surface area contributed by atoms with Crippen LogP contribution >= 0.6 is 0 Å². The van der Waals surface area contributed by atoms with E-state index in [2.05, 4.69) is 46.4 Å². The van der Waals surface area contributed by atoms with E-state index < -0.39 is 11.7 Å². The van der Waals surface area contributed by atoms with Gasteiger partial charge in [0.2, 0.25) is 0 Å². The van der Waals surface area contributed by atoms with Gasteiger partial charge in [0.05, 0.1) is 24.5 Å². The minimum Gasteiger partial charge on any atom is -0.393 e. The molecule has 0 unspecified atom stereocenters. The second-order valence-electron chi connectivity index (χ2n) is 11.9. The number of aliphatic hydroxyl groups is 2. The molecule has 4 heteroatoms. The first-order valence-corrected chi connectivity index (χ1v) is 14.3. The van der Waals surface area contributed by atoms with E-state index in [0.29, 0.717) is 31.1 Å². The fraction of sp³-hybridized carbons (Fsp3) is 0.806. The maximum atomic E-state index is 13.0. The lowest BCUT2D eigenvalue weighted by Gasteiger charge is -2.44. The molecule has 0 saturated heterocycles. The van der Waals surface area contributed by atoms with Gasteiger partial charge in [-0.1, -0.05) is 45.1 Å². The van der Waals surface area contributed by atoms with Crippen LogP contribution in [0.3, 0.4) is 0 Å². The number of ether oxygens (including phenoxy) is 1. The number of halogens is 1. The van der Waals surface area contributed by atoms with Crippen molar-refractivity contribution >= 4 is 0 Å². The lowest BCUT2D eigenvalue weighted by atomic mass is 9.62. The van der Waals surface area contributed by atoms with Gasteiger partial charge in [0, 0.05) is 6.61 Å². The molecule has 3 aliphatic carbocycles. The number of rotatable bonds is 11. The van der Waals surface area contributed by atoms with Crippen molar-refractivity contribution in [2.24, 2.45) is 23.2 Å². The largest absolute Gasteiger partial charge is 0.393 e. The van der Waals surface area contributed by atoms with E-state index in [1.54, 1.807) is 0 Å². The Morgan fingerprint density at radius 2 is 2.00 bits per heavy atom. The number of fused-ring (bicyclic) bond motifs is 1. The fourth-order valence-electron chi connectivity index (χ4n) is 7.45. The molecule has 0 radical (unpaired) electrons. The van der Waals surface area contributed by atoms with Crippen molar-refractivity contribution in [2.45, 2.75) is 123 Å². The van der Waals surface area contributed by atoms with Crippen LogP contribution < -0.4 is 0 Å². The van der Waals surface area contributed by atoms with E-state index in [1.165, 1.54) is 31.3 Å². The zero-order valence-corrected chi connectivity index (χ0v) is 22.8. The maximum absolute atomic E-state index is 13.0. The van der Waals surface area contributed by atoms with Crippen molar-refractivity contribution in [3.05, 3.63) is 35.5 Å². The molecule has 3 saturated carbocycles. The summed E-state index contributed by atoms with van der Waals surface area (Å²) in [7, 11) is 0. The molecule has 0 aliphatic heterocycles. The molecule has 3 fully saturated rings. The van der Waals surface area contributed by atoms with Crippen LogP contribution in [0.4, 0.5) is 4.39 Å². The van der Waals surface area contributed by atoms with Gasteiger partial charge in [0.1, 0.15) is 0 Å². The highest BCUT2D eigenvalue weighted by atomic mass is 19.1. The highest BCUT2D eigenvalue weighted by Gasteiger charge is 2.51. The topological polar surface area (TPSA) is 49.7 Å². The quantitative estimate of drug-likeness (QED) is 0.295. The zero-order valence-electron chi connectivity index (χ0n) is 22.8. The number of hydrogen-bond acceptors (Lipinski definition) is 3. The monoisotopic (exact) mass is 490 g/mol. The van der Waals surface area contributed by atoms with E-state index >= 15 is 0 Å². The van der Waals surface area contributed by atoms with Crippen LogP contribution in [0.2, 0.25) is 0 Å². The second-order valence-corrected chi connectivity index (χ2v) is 11.9. The Labute approximate surface area is 213 Å². The van der Waals surface area contributed by atoms with E-state index in [-0.39, 0.29) is 24.1 Å². The van der Waals surface area contributed by atoms with Crippen molar-refractivity contribution in [1.29, 1.82) is 0 Å². The summed E-state index contributed by atoms with van der Waals surface area (Å²) in [6.07, 6.45) is 15.4. The predicted molar refractivity (Wildman–Crippen MR) is 143 cm³/mol. The zero-order chi connectivity index (χ0) is 25.6. The van der Waals surface area contributed by atoms with Gasteiger partial charge in [0.15, 0.2) is 0 Å². The molecule has 3 rings (SSSR count). The highest BCUT2D eigenvalue weighted by molar-refractivity contribution is 5.38. The highest BCUT2D eigenvalue weighted by Crippen LogP contribution is 2.58. The van der Waals surface area contributed by atoms with Gasteiger partial charge in [0.25, 0.3) is 0 Å². The summed E-state index contributed by atoms with van der Waals surface area (Å²) in [5.41, 5.74) is 3.38. The van der Waals surface area contributed by atoms with Gasteiger partial charge in [-0.05, 0) is 118 Å². The van der Waals surface area contributed by atoms with Gasteiger partial charge >= 0.3 is 0 Å². The van der Waals surface area contributed by atoms with Gasteiger partial charge in [-0.25, -0.2) is 0 Å². The fourth-order valence-corrected chi connectivity index (χ4v) is 7.45. The van der Waals surface area contributed by atoms with Crippen molar-refractivity contribution < 1.29 is 19.3 Å². The Hall–Kier alpha value is -0.970. The Morgan fingerprint density at radius 3 is 2.69 bits per heavy atom. The standard InChI is InChI=1S/C31H51FO3/c1-6-31(34,7-2)17-9-19-35-23(4)28-13-14-29-24(10-8-16-30(28,29)5)11-12-25-20-27(33)21-26(15-18-32)22(25)3/h11-12,23,26-29,33-34H,3,6-10,13-21H2,1-2,4-5H3/b24-11+,25-12-/t23-,26+,27-,28-,29+,30-/m1/s1. The van der Waals surface area contributed by atoms with E-state index in [9.17, 15) is 14.6 Å². The third-order valence-electron chi connectivity index (χ3n) is 9.96. The SMILES string of the molecule is C=C1/C(=C\C=C2/CCC[C@]3(C)[C@@H]([C@@H](C)OCCCC(O)(CC)CC)CC[C@@H]23)C[C@@H](O)C[C@@H]1CCF. The molecule has 6 atom stereocenters. The molecule has 0 amide bonds. The van der Waals surface area contributed by atoms with Crippen molar-refractivity contribution in [1.82, 2.24) is 0 Å².